The third-order valence-electron chi connectivity index (χ3n) is 3.31. The molecular formula is C18H21NO3. The molecular weight excluding hydrogens is 278 g/mol. The molecule has 0 amide bonds. The molecule has 0 aliphatic carbocycles. The van der Waals surface area contributed by atoms with Crippen molar-refractivity contribution in [1.29, 1.82) is 0 Å². The smallest absolute Gasteiger partial charge is 0.335 e. The molecule has 0 unspecified atom stereocenters. The maximum absolute atomic E-state index is 11.0. The predicted molar refractivity (Wildman–Crippen MR) is 86.2 cm³/mol. The van der Waals surface area contributed by atoms with Crippen LogP contribution in [-0.2, 0) is 13.1 Å². The molecule has 0 fully saturated rings. The van der Waals surface area contributed by atoms with Crippen molar-refractivity contribution in [3.63, 3.8) is 0 Å². The second-order valence-electron chi connectivity index (χ2n) is 5.25. The summed E-state index contributed by atoms with van der Waals surface area (Å²) in [7, 11) is 2.02. The molecule has 22 heavy (non-hydrogen) atoms. The number of carboxylic acids is 1. The molecule has 2 aromatic rings. The van der Waals surface area contributed by atoms with E-state index in [0.29, 0.717) is 18.7 Å². The number of ether oxygens (including phenoxy) is 1. The fourth-order valence-corrected chi connectivity index (χ4v) is 2.34. The van der Waals surface area contributed by atoms with Crippen LogP contribution in [0.5, 0.6) is 5.75 Å². The van der Waals surface area contributed by atoms with Gasteiger partial charge in [-0.1, -0.05) is 24.3 Å². The standard InChI is InChI=1S/C18H21NO3/c1-3-22-17-9-7-14(8-10-17)12-19(2)13-15-5-4-6-16(11-15)18(20)21/h4-11H,3,12-13H2,1-2H3,(H,20,21). The summed E-state index contributed by atoms with van der Waals surface area (Å²) in [6.07, 6.45) is 0. The molecule has 1 N–H and O–H groups in total. The fourth-order valence-electron chi connectivity index (χ4n) is 2.34. The number of hydrogen-bond acceptors (Lipinski definition) is 3. The van der Waals surface area contributed by atoms with Crippen LogP contribution in [-0.4, -0.2) is 29.6 Å². The van der Waals surface area contributed by atoms with E-state index in [9.17, 15) is 4.79 Å². The van der Waals surface area contributed by atoms with E-state index in [2.05, 4.69) is 17.0 Å². The van der Waals surface area contributed by atoms with Crippen molar-refractivity contribution in [3.05, 3.63) is 65.2 Å². The van der Waals surface area contributed by atoms with Crippen LogP contribution in [0.2, 0.25) is 0 Å². The number of hydrogen-bond donors (Lipinski definition) is 1. The first kappa shape index (κ1) is 16.0. The Morgan fingerprint density at radius 2 is 1.77 bits per heavy atom. The topological polar surface area (TPSA) is 49.8 Å². The average molecular weight is 299 g/mol. The molecule has 116 valence electrons. The van der Waals surface area contributed by atoms with Crippen molar-refractivity contribution in [3.8, 4) is 5.75 Å². The van der Waals surface area contributed by atoms with Gasteiger partial charge in [-0.3, -0.25) is 4.90 Å². The van der Waals surface area contributed by atoms with E-state index in [1.165, 1.54) is 5.56 Å². The Bertz CT molecular complexity index is 622. The number of aromatic carboxylic acids is 1. The number of benzene rings is 2. The molecule has 0 bridgehead atoms. The Morgan fingerprint density at radius 1 is 1.09 bits per heavy atom. The molecule has 4 heteroatoms. The van der Waals surface area contributed by atoms with Crippen LogP contribution < -0.4 is 4.74 Å². The highest BCUT2D eigenvalue weighted by atomic mass is 16.5. The summed E-state index contributed by atoms with van der Waals surface area (Å²) in [6.45, 7) is 4.13. The largest absolute Gasteiger partial charge is 0.494 e. The lowest BCUT2D eigenvalue weighted by molar-refractivity contribution is 0.0696. The zero-order valence-electron chi connectivity index (χ0n) is 13.0. The average Bonchev–Trinajstić information content (AvgIpc) is 2.49. The van der Waals surface area contributed by atoms with Gasteiger partial charge in [0.1, 0.15) is 5.75 Å². The highest BCUT2D eigenvalue weighted by Crippen LogP contribution is 2.15. The molecule has 0 spiro atoms. The van der Waals surface area contributed by atoms with Crippen LogP contribution in [0, 0.1) is 0 Å². The number of carboxylic acid groups (broad SMARTS) is 1. The van der Waals surface area contributed by atoms with E-state index < -0.39 is 5.97 Å². The van der Waals surface area contributed by atoms with Crippen LogP contribution in [0.15, 0.2) is 48.5 Å². The first-order valence-electron chi connectivity index (χ1n) is 7.31. The Labute approximate surface area is 131 Å². The first-order valence-corrected chi connectivity index (χ1v) is 7.31. The molecule has 0 saturated heterocycles. The van der Waals surface area contributed by atoms with Gasteiger partial charge in [-0.05, 0) is 49.4 Å². The monoisotopic (exact) mass is 299 g/mol. The first-order chi connectivity index (χ1) is 10.6. The van der Waals surface area contributed by atoms with Gasteiger partial charge in [-0.2, -0.15) is 0 Å². The van der Waals surface area contributed by atoms with Crippen LogP contribution in [0.25, 0.3) is 0 Å². The summed E-state index contributed by atoms with van der Waals surface area (Å²) >= 11 is 0. The van der Waals surface area contributed by atoms with Gasteiger partial charge in [0.2, 0.25) is 0 Å². The Hall–Kier alpha value is -2.33. The SMILES string of the molecule is CCOc1ccc(CN(C)Cc2cccc(C(=O)O)c2)cc1. The molecule has 4 nitrogen and oxygen atoms in total. The molecule has 0 aromatic heterocycles. The highest BCUT2D eigenvalue weighted by Gasteiger charge is 2.06. The molecule has 0 saturated carbocycles. The van der Waals surface area contributed by atoms with E-state index in [1.54, 1.807) is 18.2 Å². The van der Waals surface area contributed by atoms with Gasteiger partial charge in [0.15, 0.2) is 0 Å². The van der Waals surface area contributed by atoms with Crippen LogP contribution in [0.4, 0.5) is 0 Å². The van der Waals surface area contributed by atoms with Gasteiger partial charge in [0, 0.05) is 13.1 Å². The van der Waals surface area contributed by atoms with Crippen molar-refractivity contribution >= 4 is 5.97 Å². The van der Waals surface area contributed by atoms with Crippen LogP contribution in [0.3, 0.4) is 0 Å². The molecule has 0 aliphatic rings. The minimum atomic E-state index is -0.893. The van der Waals surface area contributed by atoms with E-state index in [1.807, 2.05) is 32.2 Å². The summed E-state index contributed by atoms with van der Waals surface area (Å²) in [5.41, 5.74) is 2.51. The third-order valence-corrected chi connectivity index (χ3v) is 3.31. The summed E-state index contributed by atoms with van der Waals surface area (Å²) in [6, 6.07) is 15.1. The van der Waals surface area contributed by atoms with Gasteiger partial charge < -0.3 is 9.84 Å². The molecule has 0 aliphatic heterocycles. The number of rotatable bonds is 7. The Morgan fingerprint density at radius 3 is 2.41 bits per heavy atom. The summed E-state index contributed by atoms with van der Waals surface area (Å²) in [5.74, 6) is -0.0147. The Kier molecular flexibility index (Phi) is 5.55. The number of nitrogens with zero attached hydrogens (tertiary/aromatic N) is 1. The highest BCUT2D eigenvalue weighted by molar-refractivity contribution is 5.87. The zero-order chi connectivity index (χ0) is 15.9. The van der Waals surface area contributed by atoms with E-state index in [-0.39, 0.29) is 0 Å². The Balaban J connectivity index is 1.96. The molecule has 2 rings (SSSR count). The van der Waals surface area contributed by atoms with Gasteiger partial charge in [-0.25, -0.2) is 4.79 Å². The van der Waals surface area contributed by atoms with Gasteiger partial charge in [0.25, 0.3) is 0 Å². The van der Waals surface area contributed by atoms with Crippen molar-refractivity contribution in [1.82, 2.24) is 4.90 Å². The lowest BCUT2D eigenvalue weighted by atomic mass is 10.1. The molecule has 0 radical (unpaired) electrons. The fraction of sp³-hybridized carbons (Fsp3) is 0.278. The lowest BCUT2D eigenvalue weighted by Crippen LogP contribution is -2.17. The third kappa shape index (κ3) is 4.60. The normalized spacial score (nSPS) is 10.7. The summed E-state index contributed by atoms with van der Waals surface area (Å²) in [5, 5.41) is 9.02. The van der Waals surface area contributed by atoms with Gasteiger partial charge in [-0.15, -0.1) is 0 Å². The van der Waals surface area contributed by atoms with Crippen LogP contribution in [0.1, 0.15) is 28.4 Å². The predicted octanol–water partition coefficient (Wildman–Crippen LogP) is 3.42. The second-order valence-corrected chi connectivity index (χ2v) is 5.25. The van der Waals surface area contributed by atoms with E-state index in [4.69, 9.17) is 9.84 Å². The maximum atomic E-state index is 11.0. The molecule has 0 heterocycles. The van der Waals surface area contributed by atoms with Gasteiger partial charge >= 0.3 is 5.97 Å². The molecule has 0 atom stereocenters. The van der Waals surface area contributed by atoms with Gasteiger partial charge in [0.05, 0.1) is 12.2 Å². The van der Waals surface area contributed by atoms with E-state index >= 15 is 0 Å². The second kappa shape index (κ2) is 7.61. The van der Waals surface area contributed by atoms with Crippen molar-refractivity contribution in [2.24, 2.45) is 0 Å². The van der Waals surface area contributed by atoms with Crippen molar-refractivity contribution in [2.45, 2.75) is 20.0 Å². The minimum Gasteiger partial charge on any atom is -0.494 e. The quantitative estimate of drug-likeness (QED) is 0.851. The maximum Gasteiger partial charge on any atom is 0.335 e. The van der Waals surface area contributed by atoms with Crippen molar-refractivity contribution < 1.29 is 14.6 Å². The van der Waals surface area contributed by atoms with E-state index in [0.717, 1.165) is 17.9 Å². The summed E-state index contributed by atoms with van der Waals surface area (Å²) < 4.78 is 5.43. The molecule has 2 aromatic carbocycles. The zero-order valence-corrected chi connectivity index (χ0v) is 13.0. The van der Waals surface area contributed by atoms with Crippen LogP contribution >= 0.6 is 0 Å². The lowest BCUT2D eigenvalue weighted by Gasteiger charge is -2.17. The van der Waals surface area contributed by atoms with Crippen molar-refractivity contribution in [2.75, 3.05) is 13.7 Å². The summed E-state index contributed by atoms with van der Waals surface area (Å²) in [4.78, 5) is 13.1. The minimum absolute atomic E-state index is 0.326. The number of carbonyl (C=O) groups is 1.